The van der Waals surface area contributed by atoms with E-state index in [4.69, 9.17) is 0 Å². The second-order valence-corrected chi connectivity index (χ2v) is 6.49. The predicted octanol–water partition coefficient (Wildman–Crippen LogP) is 3.93. The molecule has 0 aromatic heterocycles. The van der Waals surface area contributed by atoms with E-state index in [0.717, 1.165) is 30.2 Å². The molecule has 0 heterocycles. The lowest BCUT2D eigenvalue weighted by atomic mass is 9.74. The van der Waals surface area contributed by atoms with Gasteiger partial charge in [0.25, 0.3) is 0 Å². The van der Waals surface area contributed by atoms with Crippen LogP contribution in [0.15, 0.2) is 28.7 Å². The zero-order valence-corrected chi connectivity index (χ0v) is 11.5. The van der Waals surface area contributed by atoms with Gasteiger partial charge in [-0.05, 0) is 42.4 Å². The molecule has 1 aromatic rings. The highest BCUT2D eigenvalue weighted by Gasteiger charge is 2.46. The molecule has 0 spiro atoms. The van der Waals surface area contributed by atoms with Crippen molar-refractivity contribution >= 4 is 15.9 Å². The molecule has 0 aliphatic heterocycles. The lowest BCUT2D eigenvalue weighted by Gasteiger charge is -2.37. The Morgan fingerprint density at radius 1 is 1.19 bits per heavy atom. The van der Waals surface area contributed by atoms with E-state index in [1.807, 2.05) is 12.1 Å². The maximum Gasteiger partial charge on any atom is 0.0738 e. The summed E-state index contributed by atoms with van der Waals surface area (Å²) in [5.74, 6) is 0. The Hall–Kier alpha value is -0.340. The van der Waals surface area contributed by atoms with Crippen LogP contribution in [0.1, 0.15) is 38.7 Å². The van der Waals surface area contributed by atoms with Crippen LogP contribution in [0.25, 0.3) is 0 Å². The number of halogens is 1. The minimum atomic E-state index is -0.527. The highest BCUT2D eigenvalue weighted by Crippen LogP contribution is 2.47. The summed E-state index contributed by atoms with van der Waals surface area (Å²) in [4.78, 5) is 0. The summed E-state index contributed by atoms with van der Waals surface area (Å²) in [6.45, 7) is 4.36. The van der Waals surface area contributed by atoms with Crippen LogP contribution in [-0.4, -0.2) is 10.7 Å². The SMILES string of the molecule is CC1(C)CCCC1(O)Cc1ccc(Br)cc1. The number of rotatable bonds is 2. The van der Waals surface area contributed by atoms with Gasteiger partial charge >= 0.3 is 0 Å². The Morgan fingerprint density at radius 2 is 1.81 bits per heavy atom. The van der Waals surface area contributed by atoms with Crippen LogP contribution in [0.5, 0.6) is 0 Å². The van der Waals surface area contributed by atoms with Gasteiger partial charge in [0.2, 0.25) is 0 Å². The third-order valence-corrected chi connectivity index (χ3v) is 4.59. The van der Waals surface area contributed by atoms with E-state index in [0.29, 0.717) is 0 Å². The largest absolute Gasteiger partial charge is 0.389 e. The molecule has 2 heteroatoms. The minimum Gasteiger partial charge on any atom is -0.389 e. The van der Waals surface area contributed by atoms with Crippen LogP contribution < -0.4 is 0 Å². The van der Waals surface area contributed by atoms with Crippen LogP contribution in [-0.2, 0) is 6.42 Å². The monoisotopic (exact) mass is 282 g/mol. The number of hydrogen-bond donors (Lipinski definition) is 1. The quantitative estimate of drug-likeness (QED) is 0.871. The van der Waals surface area contributed by atoms with Crippen molar-refractivity contribution in [2.24, 2.45) is 5.41 Å². The smallest absolute Gasteiger partial charge is 0.0738 e. The van der Waals surface area contributed by atoms with Gasteiger partial charge in [0.05, 0.1) is 5.60 Å². The molecule has 1 saturated carbocycles. The topological polar surface area (TPSA) is 20.2 Å². The first-order valence-electron chi connectivity index (χ1n) is 5.90. The molecule has 0 bridgehead atoms. The summed E-state index contributed by atoms with van der Waals surface area (Å²) in [5.41, 5.74) is 0.738. The van der Waals surface area contributed by atoms with Crippen molar-refractivity contribution in [1.82, 2.24) is 0 Å². The molecule has 1 aromatic carbocycles. The molecule has 1 aliphatic rings. The van der Waals surface area contributed by atoms with Crippen molar-refractivity contribution in [3.8, 4) is 0 Å². The van der Waals surface area contributed by atoms with E-state index in [9.17, 15) is 5.11 Å². The molecule has 2 rings (SSSR count). The average Bonchev–Trinajstić information content (AvgIpc) is 2.45. The van der Waals surface area contributed by atoms with Crippen molar-refractivity contribution in [2.75, 3.05) is 0 Å². The first-order valence-corrected chi connectivity index (χ1v) is 6.69. The fourth-order valence-electron chi connectivity index (χ4n) is 2.66. The molecular weight excluding hydrogens is 264 g/mol. The summed E-state index contributed by atoms with van der Waals surface area (Å²) < 4.78 is 1.09. The normalized spacial score (nSPS) is 28.2. The molecule has 0 saturated heterocycles. The van der Waals surface area contributed by atoms with Gasteiger partial charge in [-0.3, -0.25) is 0 Å². The Kier molecular flexibility index (Phi) is 3.15. The van der Waals surface area contributed by atoms with Gasteiger partial charge in [-0.15, -0.1) is 0 Å². The third kappa shape index (κ3) is 2.18. The molecule has 1 atom stereocenters. The van der Waals surface area contributed by atoms with E-state index in [-0.39, 0.29) is 5.41 Å². The molecule has 1 fully saturated rings. The molecule has 1 nitrogen and oxygen atoms in total. The first kappa shape index (κ1) is 12.1. The minimum absolute atomic E-state index is 0.0417. The fraction of sp³-hybridized carbons (Fsp3) is 0.571. The highest BCUT2D eigenvalue weighted by atomic mass is 79.9. The van der Waals surface area contributed by atoms with Crippen LogP contribution in [0.3, 0.4) is 0 Å². The van der Waals surface area contributed by atoms with Crippen molar-refractivity contribution in [3.05, 3.63) is 34.3 Å². The number of benzene rings is 1. The van der Waals surface area contributed by atoms with E-state index >= 15 is 0 Å². The van der Waals surface area contributed by atoms with Gasteiger partial charge in [-0.1, -0.05) is 41.9 Å². The van der Waals surface area contributed by atoms with Gasteiger partial charge < -0.3 is 5.11 Å². The van der Waals surface area contributed by atoms with E-state index in [1.165, 1.54) is 5.56 Å². The predicted molar refractivity (Wildman–Crippen MR) is 70.4 cm³/mol. The van der Waals surface area contributed by atoms with Crippen molar-refractivity contribution in [3.63, 3.8) is 0 Å². The summed E-state index contributed by atoms with van der Waals surface area (Å²) in [5, 5.41) is 10.7. The van der Waals surface area contributed by atoms with E-state index < -0.39 is 5.60 Å². The van der Waals surface area contributed by atoms with Crippen LogP contribution >= 0.6 is 15.9 Å². The summed E-state index contributed by atoms with van der Waals surface area (Å²) in [7, 11) is 0. The number of hydrogen-bond acceptors (Lipinski definition) is 1. The van der Waals surface area contributed by atoms with Crippen molar-refractivity contribution < 1.29 is 5.11 Å². The van der Waals surface area contributed by atoms with Gasteiger partial charge in [0.1, 0.15) is 0 Å². The molecule has 0 radical (unpaired) electrons. The van der Waals surface area contributed by atoms with Crippen LogP contribution in [0.4, 0.5) is 0 Å². The maximum absolute atomic E-state index is 10.7. The summed E-state index contributed by atoms with van der Waals surface area (Å²) in [6.07, 6.45) is 3.96. The fourth-order valence-corrected chi connectivity index (χ4v) is 2.93. The zero-order valence-electron chi connectivity index (χ0n) is 9.96. The average molecular weight is 283 g/mol. The lowest BCUT2D eigenvalue weighted by Crippen LogP contribution is -2.41. The summed E-state index contributed by atoms with van der Waals surface area (Å²) in [6, 6.07) is 8.27. The number of aliphatic hydroxyl groups is 1. The lowest BCUT2D eigenvalue weighted by molar-refractivity contribution is -0.0419. The standard InChI is InChI=1S/C14H19BrO/c1-13(2)8-3-9-14(13,16)10-11-4-6-12(15)7-5-11/h4-7,16H,3,8-10H2,1-2H3. The van der Waals surface area contributed by atoms with Gasteiger partial charge in [-0.2, -0.15) is 0 Å². The first-order chi connectivity index (χ1) is 7.43. The van der Waals surface area contributed by atoms with Crippen molar-refractivity contribution in [1.29, 1.82) is 0 Å². The molecule has 1 unspecified atom stereocenters. The summed E-state index contributed by atoms with van der Waals surface area (Å²) >= 11 is 3.43. The Balaban J connectivity index is 2.18. The Bertz CT molecular complexity index is 369. The van der Waals surface area contributed by atoms with Gasteiger partial charge in [-0.25, -0.2) is 0 Å². The molecule has 0 amide bonds. The second-order valence-electron chi connectivity index (χ2n) is 5.57. The van der Waals surface area contributed by atoms with E-state index in [1.54, 1.807) is 0 Å². The van der Waals surface area contributed by atoms with E-state index in [2.05, 4.69) is 41.9 Å². The zero-order chi connectivity index (χ0) is 11.8. The highest BCUT2D eigenvalue weighted by molar-refractivity contribution is 9.10. The molecule has 88 valence electrons. The third-order valence-electron chi connectivity index (χ3n) is 4.06. The maximum atomic E-state index is 10.7. The molecule has 1 N–H and O–H groups in total. The van der Waals surface area contributed by atoms with Crippen LogP contribution in [0, 0.1) is 5.41 Å². The molecular formula is C14H19BrO. The molecule has 1 aliphatic carbocycles. The Labute approximate surface area is 106 Å². The van der Waals surface area contributed by atoms with Gasteiger partial charge in [0.15, 0.2) is 0 Å². The van der Waals surface area contributed by atoms with Crippen molar-refractivity contribution in [2.45, 2.75) is 45.1 Å². The Morgan fingerprint density at radius 3 is 2.31 bits per heavy atom. The molecule has 16 heavy (non-hydrogen) atoms. The van der Waals surface area contributed by atoms with Gasteiger partial charge in [0, 0.05) is 10.9 Å². The van der Waals surface area contributed by atoms with Crippen LogP contribution in [0.2, 0.25) is 0 Å². The second kappa shape index (κ2) is 4.15.